The first-order valence-corrected chi connectivity index (χ1v) is 7.05. The third kappa shape index (κ3) is 2.27. The lowest BCUT2D eigenvalue weighted by Crippen LogP contribution is -2.38. The molecular weight excluding hydrogens is 244 g/mol. The van der Waals surface area contributed by atoms with Gasteiger partial charge in [-0.3, -0.25) is 0 Å². The fourth-order valence-corrected chi connectivity index (χ4v) is 3.12. The Morgan fingerprint density at radius 1 is 1.33 bits per heavy atom. The van der Waals surface area contributed by atoms with Crippen molar-refractivity contribution in [3.63, 3.8) is 0 Å². The summed E-state index contributed by atoms with van der Waals surface area (Å²) in [6.07, 6.45) is 7.38. The van der Waals surface area contributed by atoms with Gasteiger partial charge in [0.1, 0.15) is 0 Å². The van der Waals surface area contributed by atoms with Gasteiger partial charge in [-0.2, -0.15) is 0 Å². The third-order valence-electron chi connectivity index (χ3n) is 4.14. The maximum atomic E-state index is 6.00. The fraction of sp³-hybridized carbons (Fsp3) is 0.467. The molecule has 0 atom stereocenters. The molecule has 1 aliphatic rings. The molecule has 3 rings (SSSR count). The maximum absolute atomic E-state index is 6.00. The topological polar surface area (TPSA) is 27.8 Å². The van der Waals surface area contributed by atoms with E-state index in [1.165, 1.54) is 36.6 Å². The van der Waals surface area contributed by atoms with Gasteiger partial charge >= 0.3 is 0 Å². The number of hydrogen-bond acceptors (Lipinski definition) is 1. The smallest absolute Gasteiger partial charge is 0.0472 e. The number of nitrogens with one attached hydrogen (secondary N) is 2. The van der Waals surface area contributed by atoms with Crippen LogP contribution in [0.25, 0.3) is 10.9 Å². The van der Waals surface area contributed by atoms with Crippen LogP contribution >= 0.6 is 11.6 Å². The van der Waals surface area contributed by atoms with E-state index in [0.29, 0.717) is 5.54 Å². The fourth-order valence-electron chi connectivity index (χ4n) is 2.95. The number of fused-ring (bicyclic) bond motifs is 1. The summed E-state index contributed by atoms with van der Waals surface area (Å²) in [4.78, 5) is 3.29. The predicted octanol–water partition coefficient (Wildman–Crippen LogP) is 4.24. The molecule has 1 aliphatic carbocycles. The van der Waals surface area contributed by atoms with Crippen molar-refractivity contribution < 1.29 is 0 Å². The molecule has 1 heterocycles. The minimum absolute atomic E-state index is 0.329. The van der Waals surface area contributed by atoms with E-state index in [1.54, 1.807) is 0 Å². The molecule has 1 aromatic heterocycles. The normalized spacial score (nSPS) is 18.6. The van der Waals surface area contributed by atoms with E-state index in [1.807, 2.05) is 12.1 Å². The second-order valence-corrected chi connectivity index (χ2v) is 6.06. The van der Waals surface area contributed by atoms with Crippen LogP contribution in [-0.4, -0.2) is 10.5 Å². The van der Waals surface area contributed by atoms with Crippen LogP contribution in [0.3, 0.4) is 0 Å². The molecule has 0 saturated heterocycles. The third-order valence-corrected chi connectivity index (χ3v) is 4.38. The van der Waals surface area contributed by atoms with Crippen LogP contribution in [0, 0.1) is 0 Å². The Hall–Kier alpha value is -0.990. The summed E-state index contributed by atoms with van der Waals surface area (Å²) >= 11 is 6.00. The first-order chi connectivity index (χ1) is 8.66. The van der Waals surface area contributed by atoms with Crippen molar-refractivity contribution in [3.8, 4) is 0 Å². The lowest BCUT2D eigenvalue weighted by Gasteiger charge is -2.25. The predicted molar refractivity (Wildman–Crippen MR) is 77.0 cm³/mol. The quantitative estimate of drug-likeness (QED) is 0.851. The Morgan fingerprint density at radius 3 is 2.89 bits per heavy atom. The van der Waals surface area contributed by atoms with Gasteiger partial charge < -0.3 is 10.3 Å². The molecule has 1 saturated carbocycles. The van der Waals surface area contributed by atoms with Crippen molar-refractivity contribution in [1.29, 1.82) is 0 Å². The number of halogens is 1. The van der Waals surface area contributed by atoms with Crippen molar-refractivity contribution in [1.82, 2.24) is 10.3 Å². The van der Waals surface area contributed by atoms with Crippen LogP contribution < -0.4 is 5.32 Å². The van der Waals surface area contributed by atoms with Crippen molar-refractivity contribution in [2.75, 3.05) is 0 Å². The first-order valence-electron chi connectivity index (χ1n) is 6.67. The van der Waals surface area contributed by atoms with Crippen LogP contribution in [0.5, 0.6) is 0 Å². The molecule has 0 amide bonds. The zero-order valence-electron chi connectivity index (χ0n) is 10.7. The standard InChI is InChI=1S/C15H19ClN2/c1-15(6-2-3-7-15)18-10-11-9-17-14-8-12(16)4-5-13(11)14/h4-5,8-9,17-18H,2-3,6-7,10H2,1H3. The van der Waals surface area contributed by atoms with Gasteiger partial charge in [-0.15, -0.1) is 0 Å². The summed E-state index contributed by atoms with van der Waals surface area (Å²) in [6, 6.07) is 6.04. The minimum Gasteiger partial charge on any atom is -0.361 e. The van der Waals surface area contributed by atoms with Crippen molar-refractivity contribution >= 4 is 22.5 Å². The molecule has 0 unspecified atom stereocenters. The van der Waals surface area contributed by atoms with E-state index < -0.39 is 0 Å². The maximum Gasteiger partial charge on any atom is 0.0472 e. The summed E-state index contributed by atoms with van der Waals surface area (Å²) in [7, 11) is 0. The number of hydrogen-bond donors (Lipinski definition) is 2. The Balaban J connectivity index is 1.78. The second-order valence-electron chi connectivity index (χ2n) is 5.63. The minimum atomic E-state index is 0.329. The van der Waals surface area contributed by atoms with E-state index in [9.17, 15) is 0 Å². The van der Waals surface area contributed by atoms with E-state index >= 15 is 0 Å². The molecule has 0 bridgehead atoms. The van der Waals surface area contributed by atoms with Gasteiger partial charge in [-0.25, -0.2) is 0 Å². The molecule has 0 aliphatic heterocycles. The molecule has 1 fully saturated rings. The average Bonchev–Trinajstić information content (AvgIpc) is 2.93. The molecule has 96 valence electrons. The van der Waals surface area contributed by atoms with E-state index in [4.69, 9.17) is 11.6 Å². The van der Waals surface area contributed by atoms with Gasteiger partial charge in [0.2, 0.25) is 0 Å². The SMILES string of the molecule is CC1(NCc2c[nH]c3cc(Cl)ccc23)CCCC1. The van der Waals surface area contributed by atoms with Crippen molar-refractivity contribution in [2.45, 2.75) is 44.7 Å². The van der Waals surface area contributed by atoms with Crippen LogP contribution in [0.1, 0.15) is 38.2 Å². The summed E-state index contributed by atoms with van der Waals surface area (Å²) in [5, 5.41) is 5.77. The van der Waals surface area contributed by atoms with Crippen LogP contribution in [0.4, 0.5) is 0 Å². The molecule has 1 aromatic carbocycles. The molecule has 0 spiro atoms. The Morgan fingerprint density at radius 2 is 2.11 bits per heavy atom. The van der Waals surface area contributed by atoms with Crippen molar-refractivity contribution in [2.24, 2.45) is 0 Å². The zero-order valence-corrected chi connectivity index (χ0v) is 11.5. The van der Waals surface area contributed by atoms with Gasteiger partial charge in [0.25, 0.3) is 0 Å². The molecule has 2 N–H and O–H groups in total. The lowest BCUT2D eigenvalue weighted by molar-refractivity contribution is 0.363. The molecule has 2 aromatic rings. The van der Waals surface area contributed by atoms with Gasteiger partial charge in [-0.1, -0.05) is 30.5 Å². The van der Waals surface area contributed by atoms with Gasteiger partial charge in [0.05, 0.1) is 0 Å². The second kappa shape index (κ2) is 4.60. The largest absolute Gasteiger partial charge is 0.361 e. The van der Waals surface area contributed by atoms with Crippen LogP contribution in [0.2, 0.25) is 5.02 Å². The summed E-state index contributed by atoms with van der Waals surface area (Å²) in [5.74, 6) is 0. The highest BCUT2D eigenvalue weighted by Gasteiger charge is 2.27. The number of H-pyrrole nitrogens is 1. The molecule has 18 heavy (non-hydrogen) atoms. The van der Waals surface area contributed by atoms with Gasteiger partial charge in [0.15, 0.2) is 0 Å². The molecule has 3 heteroatoms. The highest BCUT2D eigenvalue weighted by molar-refractivity contribution is 6.31. The summed E-state index contributed by atoms with van der Waals surface area (Å²) < 4.78 is 0. The van der Waals surface area contributed by atoms with Gasteiger partial charge in [0, 0.05) is 34.2 Å². The summed E-state index contributed by atoms with van der Waals surface area (Å²) in [6.45, 7) is 3.27. The first kappa shape index (κ1) is 12.1. The summed E-state index contributed by atoms with van der Waals surface area (Å²) in [5.41, 5.74) is 2.78. The van der Waals surface area contributed by atoms with Gasteiger partial charge in [-0.05, 0) is 37.5 Å². The van der Waals surface area contributed by atoms with E-state index in [0.717, 1.165) is 17.1 Å². The molecule has 0 radical (unpaired) electrons. The molecule has 2 nitrogen and oxygen atoms in total. The number of aromatic nitrogens is 1. The molecular formula is C15H19ClN2. The van der Waals surface area contributed by atoms with Crippen molar-refractivity contribution in [3.05, 3.63) is 35.0 Å². The average molecular weight is 263 g/mol. The highest BCUT2D eigenvalue weighted by atomic mass is 35.5. The lowest BCUT2D eigenvalue weighted by atomic mass is 10.0. The monoisotopic (exact) mass is 262 g/mol. The zero-order chi connectivity index (χ0) is 12.6. The van der Waals surface area contributed by atoms with E-state index in [2.05, 4.69) is 29.5 Å². The Kier molecular flexibility index (Phi) is 3.08. The van der Waals surface area contributed by atoms with Crippen LogP contribution in [0.15, 0.2) is 24.4 Å². The number of benzene rings is 1. The Bertz CT molecular complexity index is 553. The number of aromatic amines is 1. The highest BCUT2D eigenvalue weighted by Crippen LogP contribution is 2.30. The van der Waals surface area contributed by atoms with Crippen LogP contribution in [-0.2, 0) is 6.54 Å². The van der Waals surface area contributed by atoms with E-state index in [-0.39, 0.29) is 0 Å². The Labute approximate surface area is 113 Å². The number of rotatable bonds is 3.